The van der Waals surface area contributed by atoms with Crippen molar-refractivity contribution < 1.29 is 9.94 Å². The molecule has 0 amide bonds. The Morgan fingerprint density at radius 2 is 2.13 bits per heavy atom. The van der Waals surface area contributed by atoms with E-state index in [1.807, 2.05) is 6.92 Å². The molecule has 0 aliphatic carbocycles. The van der Waals surface area contributed by atoms with Crippen LogP contribution in [0, 0.1) is 0 Å². The fraction of sp³-hybridized carbons (Fsp3) is 0.900. The molecule has 0 unspecified atom stereocenters. The molecule has 0 aromatic rings. The highest BCUT2D eigenvalue weighted by Gasteiger charge is 2.09. The molecule has 0 aromatic carbocycles. The second-order valence-electron chi connectivity index (χ2n) is 3.67. The summed E-state index contributed by atoms with van der Waals surface area (Å²) in [4.78, 5) is 2.24. The summed E-state index contributed by atoms with van der Waals surface area (Å²) >= 11 is 0. The lowest BCUT2D eigenvalue weighted by Crippen LogP contribution is -2.36. The van der Waals surface area contributed by atoms with Gasteiger partial charge >= 0.3 is 0 Å². The summed E-state index contributed by atoms with van der Waals surface area (Å²) in [5, 5.41) is 11.4. The molecular weight excluding hydrogens is 194 g/mol. The van der Waals surface area contributed by atoms with Crippen LogP contribution in [0.2, 0.25) is 0 Å². The zero-order valence-corrected chi connectivity index (χ0v) is 9.94. The van der Waals surface area contributed by atoms with E-state index in [4.69, 9.17) is 15.7 Å². The Balaban J connectivity index is 3.83. The lowest BCUT2D eigenvalue weighted by molar-refractivity contribution is 0.102. The van der Waals surface area contributed by atoms with Crippen LogP contribution < -0.4 is 5.73 Å². The van der Waals surface area contributed by atoms with E-state index in [0.717, 1.165) is 26.3 Å². The predicted octanol–water partition coefficient (Wildman–Crippen LogP) is 0.870. The van der Waals surface area contributed by atoms with Crippen LogP contribution in [0.5, 0.6) is 0 Å². The third-order valence-corrected chi connectivity index (χ3v) is 2.24. The van der Waals surface area contributed by atoms with Crippen LogP contribution >= 0.6 is 0 Å². The maximum absolute atomic E-state index is 8.42. The molecule has 0 bridgehead atoms. The number of nitrogens with two attached hydrogens (primary N) is 1. The molecule has 5 nitrogen and oxygen atoms in total. The molecule has 0 atom stereocenters. The summed E-state index contributed by atoms with van der Waals surface area (Å²) in [7, 11) is 0. The van der Waals surface area contributed by atoms with Gasteiger partial charge in [0, 0.05) is 32.2 Å². The smallest absolute Gasteiger partial charge is 0.140 e. The Bertz CT molecular complexity index is 184. The minimum Gasteiger partial charge on any atom is -0.409 e. The van der Waals surface area contributed by atoms with Crippen molar-refractivity contribution >= 4 is 5.84 Å². The highest BCUT2D eigenvalue weighted by atomic mass is 16.5. The number of hydrogen-bond donors (Lipinski definition) is 2. The highest BCUT2D eigenvalue weighted by molar-refractivity contribution is 5.79. The average molecular weight is 217 g/mol. The Morgan fingerprint density at radius 3 is 2.60 bits per heavy atom. The second kappa shape index (κ2) is 8.49. The third-order valence-electron chi connectivity index (χ3n) is 2.24. The average Bonchev–Trinajstić information content (AvgIpc) is 2.22. The second-order valence-corrected chi connectivity index (χ2v) is 3.67. The van der Waals surface area contributed by atoms with E-state index in [-0.39, 0.29) is 5.84 Å². The number of amidine groups is 1. The SMILES string of the molecule is CCOCCN(CCC(N)=NO)C(C)C. The number of ether oxygens (including phenoxy) is 1. The number of hydrogen-bond acceptors (Lipinski definition) is 4. The van der Waals surface area contributed by atoms with Crippen LogP contribution in [-0.4, -0.2) is 48.3 Å². The molecule has 0 fully saturated rings. The monoisotopic (exact) mass is 217 g/mol. The molecule has 0 radical (unpaired) electrons. The Kier molecular flexibility index (Phi) is 8.04. The summed E-state index contributed by atoms with van der Waals surface area (Å²) in [5.41, 5.74) is 5.42. The molecule has 5 heteroatoms. The molecule has 0 aliphatic rings. The van der Waals surface area contributed by atoms with E-state index in [0.29, 0.717) is 12.5 Å². The van der Waals surface area contributed by atoms with E-state index in [9.17, 15) is 0 Å². The molecule has 0 rings (SSSR count). The molecule has 0 heterocycles. The molecule has 0 aliphatic heterocycles. The van der Waals surface area contributed by atoms with Gasteiger partial charge in [0.2, 0.25) is 0 Å². The molecule has 0 spiro atoms. The number of rotatable bonds is 8. The summed E-state index contributed by atoms with van der Waals surface area (Å²) in [5.74, 6) is 0.275. The Morgan fingerprint density at radius 1 is 1.47 bits per heavy atom. The maximum Gasteiger partial charge on any atom is 0.140 e. The topological polar surface area (TPSA) is 71.1 Å². The fourth-order valence-electron chi connectivity index (χ4n) is 1.26. The highest BCUT2D eigenvalue weighted by Crippen LogP contribution is 1.99. The van der Waals surface area contributed by atoms with Crippen molar-refractivity contribution in [3.05, 3.63) is 0 Å². The minimum absolute atomic E-state index is 0.275. The molecule has 3 N–H and O–H groups in total. The normalized spacial score (nSPS) is 12.7. The van der Waals surface area contributed by atoms with Crippen LogP contribution in [-0.2, 0) is 4.74 Å². The number of oxime groups is 1. The Hall–Kier alpha value is -0.810. The van der Waals surface area contributed by atoms with Crippen LogP contribution in [0.4, 0.5) is 0 Å². The van der Waals surface area contributed by atoms with E-state index >= 15 is 0 Å². The van der Waals surface area contributed by atoms with E-state index in [1.54, 1.807) is 0 Å². The van der Waals surface area contributed by atoms with Crippen LogP contribution in [0.3, 0.4) is 0 Å². The molecule has 90 valence electrons. The van der Waals surface area contributed by atoms with Crippen molar-refractivity contribution in [1.82, 2.24) is 4.90 Å². The van der Waals surface area contributed by atoms with Gasteiger partial charge in [-0.05, 0) is 20.8 Å². The first-order chi connectivity index (χ1) is 7.11. The van der Waals surface area contributed by atoms with Gasteiger partial charge in [-0.2, -0.15) is 0 Å². The van der Waals surface area contributed by atoms with Gasteiger partial charge in [-0.1, -0.05) is 5.16 Å². The first kappa shape index (κ1) is 14.2. The van der Waals surface area contributed by atoms with E-state index in [1.165, 1.54) is 0 Å². The van der Waals surface area contributed by atoms with Gasteiger partial charge in [0.1, 0.15) is 5.84 Å². The van der Waals surface area contributed by atoms with E-state index in [2.05, 4.69) is 23.9 Å². The van der Waals surface area contributed by atoms with Gasteiger partial charge in [-0.3, -0.25) is 4.90 Å². The van der Waals surface area contributed by atoms with Gasteiger partial charge < -0.3 is 15.7 Å². The minimum atomic E-state index is 0.275. The summed E-state index contributed by atoms with van der Waals surface area (Å²) in [6.07, 6.45) is 0.584. The van der Waals surface area contributed by atoms with Gasteiger partial charge in [-0.15, -0.1) is 0 Å². The predicted molar refractivity (Wildman–Crippen MR) is 61.2 cm³/mol. The zero-order chi connectivity index (χ0) is 11.7. The van der Waals surface area contributed by atoms with Crippen LogP contribution in [0.25, 0.3) is 0 Å². The summed E-state index contributed by atoms with van der Waals surface area (Å²) in [6, 6.07) is 0.442. The van der Waals surface area contributed by atoms with Crippen molar-refractivity contribution in [1.29, 1.82) is 0 Å². The largest absolute Gasteiger partial charge is 0.409 e. The van der Waals surface area contributed by atoms with Crippen molar-refractivity contribution in [2.75, 3.05) is 26.3 Å². The summed E-state index contributed by atoms with van der Waals surface area (Å²) in [6.45, 7) is 9.37. The zero-order valence-electron chi connectivity index (χ0n) is 9.94. The standard InChI is InChI=1S/C10H23N3O2/c1-4-15-8-7-13(9(2)3)6-5-10(11)12-14/h9,14H,4-8H2,1-3H3,(H2,11,12). The van der Waals surface area contributed by atoms with Crippen molar-refractivity contribution in [3.8, 4) is 0 Å². The molecule has 15 heavy (non-hydrogen) atoms. The van der Waals surface area contributed by atoms with Gasteiger partial charge in [-0.25, -0.2) is 0 Å². The molecule has 0 aromatic heterocycles. The lowest BCUT2D eigenvalue weighted by Gasteiger charge is -2.25. The van der Waals surface area contributed by atoms with Gasteiger partial charge in [0.25, 0.3) is 0 Å². The maximum atomic E-state index is 8.42. The van der Waals surface area contributed by atoms with Gasteiger partial charge in [0.15, 0.2) is 0 Å². The van der Waals surface area contributed by atoms with Crippen LogP contribution in [0.1, 0.15) is 27.2 Å². The van der Waals surface area contributed by atoms with Crippen molar-refractivity contribution in [2.45, 2.75) is 33.2 Å². The number of nitrogens with zero attached hydrogens (tertiary/aromatic N) is 2. The van der Waals surface area contributed by atoms with Crippen molar-refractivity contribution in [2.24, 2.45) is 10.9 Å². The molecule has 0 saturated carbocycles. The quantitative estimate of drug-likeness (QED) is 0.208. The van der Waals surface area contributed by atoms with E-state index < -0.39 is 0 Å². The molecule has 0 saturated heterocycles. The van der Waals surface area contributed by atoms with Crippen LogP contribution in [0.15, 0.2) is 5.16 Å². The summed E-state index contributed by atoms with van der Waals surface area (Å²) < 4.78 is 5.29. The first-order valence-corrected chi connectivity index (χ1v) is 5.40. The third kappa shape index (κ3) is 7.16. The molecular formula is C10H23N3O2. The Labute approximate surface area is 91.9 Å². The fourth-order valence-corrected chi connectivity index (χ4v) is 1.26. The van der Waals surface area contributed by atoms with Gasteiger partial charge in [0.05, 0.1) is 6.61 Å². The lowest BCUT2D eigenvalue weighted by atomic mass is 10.2. The van der Waals surface area contributed by atoms with Crippen molar-refractivity contribution in [3.63, 3.8) is 0 Å². The first-order valence-electron chi connectivity index (χ1n) is 5.40.